The van der Waals surface area contributed by atoms with Crippen LogP contribution in [0.4, 0.5) is 5.13 Å². The van der Waals surface area contributed by atoms with Gasteiger partial charge in [-0.1, -0.05) is 53.3 Å². The van der Waals surface area contributed by atoms with E-state index in [9.17, 15) is 0 Å². The number of aryl methyl sites for hydroxylation is 1. The van der Waals surface area contributed by atoms with Gasteiger partial charge in [0, 0.05) is 11.8 Å². The van der Waals surface area contributed by atoms with Crippen molar-refractivity contribution in [1.82, 2.24) is 4.98 Å². The summed E-state index contributed by atoms with van der Waals surface area (Å²) in [6.07, 6.45) is 1.80. The van der Waals surface area contributed by atoms with Crippen molar-refractivity contribution in [3.63, 3.8) is 0 Å². The van der Waals surface area contributed by atoms with Crippen LogP contribution in [0, 0.1) is 6.92 Å². The lowest BCUT2D eigenvalue weighted by molar-refractivity contribution is 0.307. The van der Waals surface area contributed by atoms with Gasteiger partial charge < -0.3 is 10.5 Å². The van der Waals surface area contributed by atoms with Gasteiger partial charge in [-0.15, -0.1) is 0 Å². The Bertz CT molecular complexity index is 738. The maximum Gasteiger partial charge on any atom is 0.180 e. The van der Waals surface area contributed by atoms with Crippen LogP contribution in [0.5, 0.6) is 5.75 Å². The fraction of sp³-hybridized carbons (Fsp3) is 0.118. The lowest BCUT2D eigenvalue weighted by Crippen LogP contribution is -1.96. The molecule has 0 aliphatic rings. The van der Waals surface area contributed by atoms with Crippen LogP contribution >= 0.6 is 11.3 Å². The van der Waals surface area contributed by atoms with Crippen LogP contribution in [-0.2, 0) is 6.61 Å². The van der Waals surface area contributed by atoms with Gasteiger partial charge in [-0.3, -0.25) is 0 Å². The van der Waals surface area contributed by atoms with E-state index in [0.29, 0.717) is 11.7 Å². The molecule has 1 heterocycles. The van der Waals surface area contributed by atoms with Crippen LogP contribution in [0.1, 0.15) is 11.1 Å². The third-order valence-corrected chi connectivity index (χ3v) is 4.02. The van der Waals surface area contributed by atoms with E-state index in [4.69, 9.17) is 10.5 Å². The molecule has 0 bridgehead atoms. The Morgan fingerprint density at radius 2 is 1.95 bits per heavy atom. The molecule has 4 heteroatoms. The Morgan fingerprint density at radius 3 is 2.67 bits per heavy atom. The van der Waals surface area contributed by atoms with E-state index in [1.165, 1.54) is 16.9 Å². The molecule has 0 unspecified atom stereocenters. The van der Waals surface area contributed by atoms with Gasteiger partial charge in [0.15, 0.2) is 5.13 Å². The van der Waals surface area contributed by atoms with E-state index in [1.54, 1.807) is 6.20 Å². The summed E-state index contributed by atoms with van der Waals surface area (Å²) in [5.74, 6) is 0.855. The van der Waals surface area contributed by atoms with Crippen LogP contribution in [-0.4, -0.2) is 4.98 Å². The van der Waals surface area contributed by atoms with E-state index in [1.807, 2.05) is 30.3 Å². The van der Waals surface area contributed by atoms with Crippen molar-refractivity contribution in [2.24, 2.45) is 0 Å². The van der Waals surface area contributed by atoms with E-state index >= 15 is 0 Å². The monoisotopic (exact) mass is 296 g/mol. The van der Waals surface area contributed by atoms with Crippen molar-refractivity contribution in [1.29, 1.82) is 0 Å². The van der Waals surface area contributed by atoms with Crippen LogP contribution in [0.15, 0.2) is 54.7 Å². The minimum absolute atomic E-state index is 0.547. The second-order valence-corrected chi connectivity index (χ2v) is 5.90. The Balaban J connectivity index is 1.88. The predicted molar refractivity (Wildman–Crippen MR) is 87.5 cm³/mol. The van der Waals surface area contributed by atoms with E-state index in [0.717, 1.165) is 21.8 Å². The summed E-state index contributed by atoms with van der Waals surface area (Å²) in [4.78, 5) is 5.15. The largest absolute Gasteiger partial charge is 0.488 e. The summed E-state index contributed by atoms with van der Waals surface area (Å²) >= 11 is 1.47. The Morgan fingerprint density at radius 1 is 1.14 bits per heavy atom. The molecule has 0 saturated heterocycles. The highest BCUT2D eigenvalue weighted by Gasteiger charge is 2.10. The molecule has 0 radical (unpaired) electrons. The molecule has 3 nitrogen and oxygen atoms in total. The zero-order chi connectivity index (χ0) is 14.7. The van der Waals surface area contributed by atoms with E-state index in [2.05, 4.69) is 30.1 Å². The molecule has 21 heavy (non-hydrogen) atoms. The number of thiazole rings is 1. The van der Waals surface area contributed by atoms with Gasteiger partial charge in [0.2, 0.25) is 0 Å². The Labute approximate surface area is 128 Å². The second-order valence-electron chi connectivity index (χ2n) is 4.84. The molecule has 0 aliphatic heterocycles. The normalized spacial score (nSPS) is 10.5. The van der Waals surface area contributed by atoms with Crippen molar-refractivity contribution in [2.45, 2.75) is 13.5 Å². The van der Waals surface area contributed by atoms with Crippen molar-refractivity contribution >= 4 is 16.5 Å². The molecule has 0 saturated carbocycles. The number of benzene rings is 2. The maximum atomic E-state index is 5.98. The number of anilines is 1. The first kappa shape index (κ1) is 13.6. The minimum atomic E-state index is 0.547. The number of nitrogen functional groups attached to an aromatic ring is 1. The third-order valence-electron chi connectivity index (χ3n) is 3.16. The highest BCUT2D eigenvalue weighted by atomic mass is 32.1. The molecule has 0 atom stereocenters. The van der Waals surface area contributed by atoms with Gasteiger partial charge in [0.25, 0.3) is 0 Å². The standard InChI is InChI=1S/C17H16N2OS/c1-12-7-8-15(20-11-13-5-3-2-4-6-13)14(9-12)16-10-19-17(18)21-16/h2-10H,11H2,1H3,(H2,18,19). The number of hydrogen-bond donors (Lipinski definition) is 1. The summed E-state index contributed by atoms with van der Waals surface area (Å²) < 4.78 is 5.98. The number of rotatable bonds is 4. The fourth-order valence-corrected chi connectivity index (χ4v) is 2.82. The summed E-state index contributed by atoms with van der Waals surface area (Å²) in [6.45, 7) is 2.61. The molecule has 2 N–H and O–H groups in total. The predicted octanol–water partition coefficient (Wildman–Crippen LogP) is 4.28. The van der Waals surface area contributed by atoms with Crippen LogP contribution in [0.25, 0.3) is 10.4 Å². The number of nitrogens with zero attached hydrogens (tertiary/aromatic N) is 1. The highest BCUT2D eigenvalue weighted by molar-refractivity contribution is 7.18. The quantitative estimate of drug-likeness (QED) is 0.781. The van der Waals surface area contributed by atoms with Crippen molar-refractivity contribution in [3.05, 3.63) is 65.9 Å². The van der Waals surface area contributed by atoms with E-state index < -0.39 is 0 Å². The minimum Gasteiger partial charge on any atom is -0.488 e. The zero-order valence-electron chi connectivity index (χ0n) is 11.7. The van der Waals surface area contributed by atoms with Gasteiger partial charge in [0.1, 0.15) is 12.4 Å². The second kappa shape index (κ2) is 5.97. The maximum absolute atomic E-state index is 5.98. The average Bonchev–Trinajstić information content (AvgIpc) is 2.93. The fourth-order valence-electron chi connectivity index (χ4n) is 2.11. The topological polar surface area (TPSA) is 48.1 Å². The van der Waals surface area contributed by atoms with Crippen LogP contribution in [0.2, 0.25) is 0 Å². The highest BCUT2D eigenvalue weighted by Crippen LogP contribution is 2.35. The third kappa shape index (κ3) is 3.23. The molecule has 0 fully saturated rings. The first-order valence-corrected chi connectivity index (χ1v) is 7.53. The summed E-state index contributed by atoms with van der Waals surface area (Å²) in [7, 11) is 0. The molecule has 1 aromatic heterocycles. The first-order chi connectivity index (χ1) is 10.2. The molecule has 3 rings (SSSR count). The molecular formula is C17H16N2OS. The lowest BCUT2D eigenvalue weighted by atomic mass is 10.1. The van der Waals surface area contributed by atoms with Gasteiger partial charge in [0.05, 0.1) is 4.88 Å². The van der Waals surface area contributed by atoms with Crippen molar-refractivity contribution < 1.29 is 4.74 Å². The molecule has 3 aromatic rings. The summed E-state index contributed by atoms with van der Waals surface area (Å²) in [5.41, 5.74) is 9.11. The van der Waals surface area contributed by atoms with Crippen molar-refractivity contribution in [3.8, 4) is 16.2 Å². The smallest absolute Gasteiger partial charge is 0.180 e. The lowest BCUT2D eigenvalue weighted by Gasteiger charge is -2.11. The molecule has 0 amide bonds. The van der Waals surface area contributed by atoms with Crippen LogP contribution in [0.3, 0.4) is 0 Å². The Kier molecular flexibility index (Phi) is 3.88. The molecular weight excluding hydrogens is 280 g/mol. The number of hydrogen-bond acceptors (Lipinski definition) is 4. The average molecular weight is 296 g/mol. The van der Waals surface area contributed by atoms with Crippen molar-refractivity contribution in [2.75, 3.05) is 5.73 Å². The van der Waals surface area contributed by atoms with Gasteiger partial charge in [-0.2, -0.15) is 0 Å². The molecule has 2 aromatic carbocycles. The van der Waals surface area contributed by atoms with Gasteiger partial charge in [-0.25, -0.2) is 4.98 Å². The number of nitrogens with two attached hydrogens (primary N) is 1. The number of ether oxygens (including phenoxy) is 1. The zero-order valence-corrected chi connectivity index (χ0v) is 12.6. The number of aromatic nitrogens is 1. The summed E-state index contributed by atoms with van der Waals surface area (Å²) in [5, 5.41) is 0.570. The Hall–Kier alpha value is -2.33. The van der Waals surface area contributed by atoms with Crippen LogP contribution < -0.4 is 10.5 Å². The van der Waals surface area contributed by atoms with Gasteiger partial charge >= 0.3 is 0 Å². The SMILES string of the molecule is Cc1ccc(OCc2ccccc2)c(-c2cnc(N)s2)c1. The first-order valence-electron chi connectivity index (χ1n) is 6.71. The molecule has 0 spiro atoms. The molecule has 106 valence electrons. The summed E-state index contributed by atoms with van der Waals surface area (Å²) in [6, 6.07) is 16.3. The molecule has 0 aliphatic carbocycles. The van der Waals surface area contributed by atoms with E-state index in [-0.39, 0.29) is 0 Å². The van der Waals surface area contributed by atoms with Gasteiger partial charge in [-0.05, 0) is 24.6 Å².